The lowest BCUT2D eigenvalue weighted by Crippen LogP contribution is -1.66. The predicted molar refractivity (Wildman–Crippen MR) is 45.9 cm³/mol. The molecule has 0 aliphatic carbocycles. The van der Waals surface area contributed by atoms with Gasteiger partial charge >= 0.3 is 7.82 Å². The fourth-order valence-corrected chi connectivity index (χ4v) is 0. The fourth-order valence-electron chi connectivity index (χ4n) is 0. The van der Waals surface area contributed by atoms with E-state index in [0.29, 0.717) is 0 Å². The van der Waals surface area contributed by atoms with Crippen molar-refractivity contribution >= 4 is 31.0 Å². The molecule has 0 amide bonds. The third-order valence-corrected chi connectivity index (χ3v) is 0. The van der Waals surface area contributed by atoms with Gasteiger partial charge in [0.05, 0.1) is 5.34 Å². The molecule has 0 radical (unpaired) electrons. The Morgan fingerprint density at radius 3 is 1.00 bits per heavy atom. The first kappa shape index (κ1) is 29.9. The number of halogens is 2. The minimum atomic E-state index is -4.64. The highest BCUT2D eigenvalue weighted by molar-refractivity contribution is 7.45. The van der Waals surface area contributed by atoms with Crippen LogP contribution in [0.15, 0.2) is 0 Å². The number of phosphoric acid groups is 1. The first-order chi connectivity index (χ1) is 3.41. The quantitative estimate of drug-likeness (QED) is 0.266. The number of rotatable bonds is 0. The van der Waals surface area contributed by atoms with Gasteiger partial charge in [-0.3, -0.25) is 0 Å². The van der Waals surface area contributed by atoms with Crippen molar-refractivity contribution in [2.24, 2.45) is 0 Å². The lowest BCUT2D eigenvalue weighted by molar-refractivity contribution is 0.275. The zero-order valence-electron chi connectivity index (χ0n) is 5.78. The van der Waals surface area contributed by atoms with Crippen LogP contribution in [0, 0.1) is 0 Å². The van der Waals surface area contributed by atoms with E-state index in [1.54, 1.807) is 0 Å². The summed E-state index contributed by atoms with van der Waals surface area (Å²) >= 11 is 9.53. The van der Waals surface area contributed by atoms with Crippen LogP contribution in [0.3, 0.4) is 0 Å². The highest BCUT2D eigenvalue weighted by Gasteiger charge is 2.00. The summed E-state index contributed by atoms with van der Waals surface area (Å²) in [4.78, 5) is 21.6. The maximum Gasteiger partial charge on any atom is 0.466 e. The van der Waals surface area contributed by atoms with Crippen LogP contribution >= 0.6 is 31.0 Å². The standard InChI is InChI=1S/CH2Cl2.3H3N.H3O4P/c2-1-3;;;;1-5(2,3)4/h1H2;3*1H3;(H3,1,2,3,4). The molecule has 0 saturated carbocycles. The van der Waals surface area contributed by atoms with Gasteiger partial charge < -0.3 is 33.1 Å². The lowest BCUT2D eigenvalue weighted by atomic mass is 11.9. The van der Waals surface area contributed by atoms with E-state index in [1.165, 1.54) is 0 Å². The van der Waals surface area contributed by atoms with Gasteiger partial charge in [0.15, 0.2) is 0 Å². The molecule has 0 saturated heterocycles. The lowest BCUT2D eigenvalue weighted by Gasteiger charge is -1.82. The fraction of sp³-hybridized carbons (Fsp3) is 1.00. The van der Waals surface area contributed by atoms with E-state index in [2.05, 4.69) is 0 Å². The van der Waals surface area contributed by atoms with Crippen LogP contribution in [0.2, 0.25) is 0 Å². The molecule has 0 aromatic rings. The summed E-state index contributed by atoms with van der Waals surface area (Å²) < 4.78 is 8.88. The van der Waals surface area contributed by atoms with Gasteiger partial charge in [-0.25, -0.2) is 4.57 Å². The van der Waals surface area contributed by atoms with Crippen molar-refractivity contribution in [1.82, 2.24) is 18.5 Å². The zero-order valence-corrected chi connectivity index (χ0v) is 8.19. The van der Waals surface area contributed by atoms with Crippen LogP contribution in [0.25, 0.3) is 0 Å². The normalized spacial score (nSPS) is 7.00. The summed E-state index contributed by atoms with van der Waals surface area (Å²) in [6.07, 6.45) is 0. The summed E-state index contributed by atoms with van der Waals surface area (Å²) in [5.41, 5.74) is 0. The van der Waals surface area contributed by atoms with Gasteiger partial charge in [0.1, 0.15) is 0 Å². The average Bonchev–Trinajstić information content (AvgIpc) is 1.27. The molecule has 0 aromatic heterocycles. The molecule has 10 heteroatoms. The van der Waals surface area contributed by atoms with E-state index in [1.807, 2.05) is 0 Å². The third kappa shape index (κ3) is 2390. The summed E-state index contributed by atoms with van der Waals surface area (Å²) in [5, 5.41) is 0.194. The van der Waals surface area contributed by atoms with E-state index >= 15 is 0 Å². The van der Waals surface area contributed by atoms with Gasteiger partial charge in [-0.1, -0.05) is 0 Å². The second-order valence-electron chi connectivity index (χ2n) is 0.614. The first-order valence-electron chi connectivity index (χ1n) is 1.32. The Labute approximate surface area is 74.7 Å². The minimum Gasteiger partial charge on any atom is -0.344 e. The SMILES string of the molecule is ClCCl.N.N.N.O=P(O)(O)O. The van der Waals surface area contributed by atoms with Crippen LogP contribution in [0.5, 0.6) is 0 Å². The Balaban J connectivity index is -0.0000000183. The van der Waals surface area contributed by atoms with Crippen molar-refractivity contribution in [3.05, 3.63) is 0 Å². The van der Waals surface area contributed by atoms with E-state index in [0.717, 1.165) is 0 Å². The van der Waals surface area contributed by atoms with Gasteiger partial charge in [0.2, 0.25) is 0 Å². The zero-order chi connectivity index (χ0) is 7.21. The molecule has 0 spiro atoms. The Bertz CT molecular complexity index is 79.1. The molecule has 0 unspecified atom stereocenters. The number of hydrogen-bond donors (Lipinski definition) is 6. The molecular weight excluding hydrogens is 220 g/mol. The molecule has 0 heterocycles. The minimum absolute atomic E-state index is 0. The van der Waals surface area contributed by atoms with Crippen molar-refractivity contribution in [3.63, 3.8) is 0 Å². The molecule has 12 N–H and O–H groups in total. The highest BCUT2D eigenvalue weighted by Crippen LogP contribution is 2.25. The van der Waals surface area contributed by atoms with Gasteiger partial charge in [-0.05, 0) is 0 Å². The highest BCUT2D eigenvalue weighted by atomic mass is 35.5. The number of hydrogen-bond acceptors (Lipinski definition) is 4. The Hall–Kier alpha value is 0.570. The van der Waals surface area contributed by atoms with Crippen molar-refractivity contribution in [3.8, 4) is 0 Å². The largest absolute Gasteiger partial charge is 0.466 e. The van der Waals surface area contributed by atoms with E-state index in [4.69, 9.17) is 42.4 Å². The molecule has 7 nitrogen and oxygen atoms in total. The van der Waals surface area contributed by atoms with Crippen LogP contribution in [0.1, 0.15) is 0 Å². The maximum atomic E-state index is 8.88. The summed E-state index contributed by atoms with van der Waals surface area (Å²) in [6, 6.07) is 0. The maximum absolute atomic E-state index is 8.88. The third-order valence-electron chi connectivity index (χ3n) is 0. The smallest absolute Gasteiger partial charge is 0.344 e. The summed E-state index contributed by atoms with van der Waals surface area (Å²) in [5.74, 6) is 0. The van der Waals surface area contributed by atoms with Crippen molar-refractivity contribution in [2.45, 2.75) is 0 Å². The molecular formula is CH14Cl2N3O4P. The molecule has 0 atom stereocenters. The first-order valence-corrected chi connectivity index (χ1v) is 3.95. The van der Waals surface area contributed by atoms with Gasteiger partial charge in [-0.2, -0.15) is 0 Å². The molecule has 0 fully saturated rings. The molecule has 0 aliphatic heterocycles. The summed E-state index contributed by atoms with van der Waals surface area (Å²) in [6.45, 7) is 0. The molecule has 76 valence electrons. The molecule has 11 heavy (non-hydrogen) atoms. The molecule has 0 bridgehead atoms. The Morgan fingerprint density at radius 2 is 1.00 bits per heavy atom. The molecule has 0 aromatic carbocycles. The predicted octanol–water partition coefficient (Wildman–Crippen LogP) is 0.979. The second-order valence-corrected chi connectivity index (χ2v) is 2.45. The monoisotopic (exact) mass is 233 g/mol. The molecule has 0 aliphatic rings. The van der Waals surface area contributed by atoms with Gasteiger partial charge in [0, 0.05) is 0 Å². The second kappa shape index (κ2) is 16.9. The van der Waals surface area contributed by atoms with Crippen LogP contribution in [0.4, 0.5) is 0 Å². The van der Waals surface area contributed by atoms with Gasteiger partial charge in [-0.15, -0.1) is 23.2 Å². The summed E-state index contributed by atoms with van der Waals surface area (Å²) in [7, 11) is -4.64. The van der Waals surface area contributed by atoms with E-state index in [-0.39, 0.29) is 23.8 Å². The van der Waals surface area contributed by atoms with E-state index in [9.17, 15) is 0 Å². The van der Waals surface area contributed by atoms with Crippen molar-refractivity contribution in [1.29, 1.82) is 0 Å². The molecule has 0 rings (SSSR count). The topological polar surface area (TPSA) is 183 Å². The van der Waals surface area contributed by atoms with Crippen LogP contribution in [-0.2, 0) is 4.57 Å². The van der Waals surface area contributed by atoms with E-state index < -0.39 is 7.82 Å². The van der Waals surface area contributed by atoms with Crippen LogP contribution in [-0.4, -0.2) is 20.0 Å². The van der Waals surface area contributed by atoms with Crippen molar-refractivity contribution in [2.75, 3.05) is 5.34 Å². The van der Waals surface area contributed by atoms with Crippen LogP contribution < -0.4 is 18.5 Å². The average molecular weight is 234 g/mol. The van der Waals surface area contributed by atoms with Gasteiger partial charge in [0.25, 0.3) is 0 Å². The Morgan fingerprint density at radius 1 is 1.00 bits per heavy atom. The number of alkyl halides is 2. The Kier molecular flexibility index (Phi) is 46.0. The van der Waals surface area contributed by atoms with Crippen molar-refractivity contribution < 1.29 is 19.2 Å².